The average molecular weight is 306 g/mol. The van der Waals surface area contributed by atoms with Gasteiger partial charge in [-0.05, 0) is 40.0 Å². The van der Waals surface area contributed by atoms with Crippen molar-refractivity contribution in [2.45, 2.75) is 58.9 Å². The maximum Gasteiger partial charge on any atom is 0.310 e. The summed E-state index contributed by atoms with van der Waals surface area (Å²) in [5.74, 6) is -0.894. The highest BCUT2D eigenvalue weighted by atomic mass is 32.2. The number of piperidine rings is 1. The van der Waals surface area contributed by atoms with Crippen molar-refractivity contribution in [3.8, 4) is 0 Å². The molecule has 0 aromatic rings. The molecule has 7 heteroatoms. The molecular formula is C13H26N2O4S. The Morgan fingerprint density at radius 2 is 2.00 bits per heavy atom. The van der Waals surface area contributed by atoms with Gasteiger partial charge in [-0.3, -0.25) is 4.79 Å². The van der Waals surface area contributed by atoms with Gasteiger partial charge in [-0.15, -0.1) is 0 Å². The van der Waals surface area contributed by atoms with Crippen molar-refractivity contribution < 1.29 is 18.3 Å². The molecule has 0 spiro atoms. The van der Waals surface area contributed by atoms with E-state index in [0.29, 0.717) is 25.8 Å². The van der Waals surface area contributed by atoms with E-state index >= 15 is 0 Å². The topological polar surface area (TPSA) is 86.7 Å². The van der Waals surface area contributed by atoms with Gasteiger partial charge in [0.05, 0.1) is 5.41 Å². The van der Waals surface area contributed by atoms with E-state index in [-0.39, 0.29) is 6.54 Å². The van der Waals surface area contributed by atoms with Crippen LogP contribution in [-0.2, 0) is 15.0 Å². The Morgan fingerprint density at radius 1 is 1.40 bits per heavy atom. The molecule has 1 unspecified atom stereocenters. The largest absolute Gasteiger partial charge is 0.481 e. The second-order valence-electron chi connectivity index (χ2n) is 6.63. The highest BCUT2D eigenvalue weighted by Gasteiger charge is 2.45. The van der Waals surface area contributed by atoms with Gasteiger partial charge in [0.15, 0.2) is 0 Å². The monoisotopic (exact) mass is 306 g/mol. The Labute approximate surface area is 121 Å². The van der Waals surface area contributed by atoms with Gasteiger partial charge >= 0.3 is 5.97 Å². The molecule has 0 radical (unpaired) electrons. The number of hydrogen-bond acceptors (Lipinski definition) is 3. The van der Waals surface area contributed by atoms with Crippen molar-refractivity contribution in [3.05, 3.63) is 0 Å². The van der Waals surface area contributed by atoms with Crippen molar-refractivity contribution >= 4 is 16.2 Å². The molecule has 20 heavy (non-hydrogen) atoms. The van der Waals surface area contributed by atoms with E-state index < -0.39 is 27.1 Å². The number of carboxylic acids is 1. The van der Waals surface area contributed by atoms with E-state index in [9.17, 15) is 18.3 Å². The summed E-state index contributed by atoms with van der Waals surface area (Å²) in [6.45, 7) is 7.66. The number of rotatable bonds is 5. The third-order valence-corrected chi connectivity index (χ3v) is 5.36. The van der Waals surface area contributed by atoms with Crippen LogP contribution >= 0.6 is 0 Å². The minimum atomic E-state index is -3.64. The van der Waals surface area contributed by atoms with Crippen molar-refractivity contribution in [1.29, 1.82) is 0 Å². The van der Waals surface area contributed by atoms with Crippen LogP contribution in [0.25, 0.3) is 0 Å². The van der Waals surface area contributed by atoms with E-state index in [2.05, 4.69) is 4.72 Å². The molecule has 1 aliphatic rings. The maximum absolute atomic E-state index is 12.3. The molecule has 0 aromatic carbocycles. The fourth-order valence-corrected chi connectivity index (χ4v) is 4.40. The average Bonchev–Trinajstić information content (AvgIpc) is 2.26. The highest BCUT2D eigenvalue weighted by Crippen LogP contribution is 2.36. The Balaban J connectivity index is 2.96. The van der Waals surface area contributed by atoms with Gasteiger partial charge in [-0.1, -0.05) is 13.3 Å². The van der Waals surface area contributed by atoms with Gasteiger partial charge in [0.2, 0.25) is 0 Å². The lowest BCUT2D eigenvalue weighted by atomic mass is 9.77. The molecule has 1 fully saturated rings. The molecule has 2 N–H and O–H groups in total. The first-order valence-corrected chi connectivity index (χ1v) is 8.49. The number of nitrogens with zero attached hydrogens (tertiary/aromatic N) is 1. The molecule has 1 rings (SSSR count). The zero-order valence-electron chi connectivity index (χ0n) is 12.8. The molecule has 0 aliphatic carbocycles. The highest BCUT2D eigenvalue weighted by molar-refractivity contribution is 7.87. The summed E-state index contributed by atoms with van der Waals surface area (Å²) in [5, 5.41) is 9.49. The molecule has 0 saturated carbocycles. The van der Waals surface area contributed by atoms with E-state index in [0.717, 1.165) is 6.42 Å². The van der Waals surface area contributed by atoms with Crippen LogP contribution < -0.4 is 4.72 Å². The predicted octanol–water partition coefficient (Wildman–Crippen LogP) is 1.59. The van der Waals surface area contributed by atoms with Crippen LogP contribution in [0.1, 0.15) is 53.4 Å². The van der Waals surface area contributed by atoms with Gasteiger partial charge in [0.25, 0.3) is 10.2 Å². The fraction of sp³-hybridized carbons (Fsp3) is 0.923. The molecule has 0 amide bonds. The summed E-state index contributed by atoms with van der Waals surface area (Å²) in [6, 6.07) is 0. The summed E-state index contributed by atoms with van der Waals surface area (Å²) in [7, 11) is -3.64. The normalized spacial score (nSPS) is 25.6. The van der Waals surface area contributed by atoms with Gasteiger partial charge < -0.3 is 5.11 Å². The van der Waals surface area contributed by atoms with Crippen LogP contribution in [0.4, 0.5) is 0 Å². The number of nitrogens with one attached hydrogen (secondary N) is 1. The van der Waals surface area contributed by atoms with E-state index in [4.69, 9.17) is 0 Å². The van der Waals surface area contributed by atoms with Gasteiger partial charge in [0.1, 0.15) is 0 Å². The van der Waals surface area contributed by atoms with Crippen LogP contribution in [0.15, 0.2) is 0 Å². The zero-order valence-corrected chi connectivity index (χ0v) is 13.6. The summed E-state index contributed by atoms with van der Waals surface area (Å²) in [6.07, 6.45) is 2.35. The fourth-order valence-electron chi connectivity index (χ4n) is 2.71. The number of carbonyl (C=O) groups is 1. The second kappa shape index (κ2) is 5.99. The Morgan fingerprint density at radius 3 is 2.45 bits per heavy atom. The molecule has 118 valence electrons. The number of aliphatic carboxylic acids is 1. The minimum absolute atomic E-state index is 0.0571. The Bertz CT molecular complexity index is 451. The molecule has 1 heterocycles. The zero-order chi connectivity index (χ0) is 15.6. The molecule has 1 aliphatic heterocycles. The summed E-state index contributed by atoms with van der Waals surface area (Å²) in [5.41, 5.74) is -1.52. The SMILES string of the molecule is CCCC1(C(=O)O)CCCN(S(=O)(=O)NC(C)(C)C)C1. The van der Waals surface area contributed by atoms with Crippen LogP contribution in [0.5, 0.6) is 0 Å². The Kier molecular flexibility index (Phi) is 5.21. The molecule has 0 bridgehead atoms. The third kappa shape index (κ3) is 4.17. The molecular weight excluding hydrogens is 280 g/mol. The standard InChI is InChI=1S/C13H26N2O4S/c1-5-7-13(11(16)17)8-6-9-15(10-13)20(18,19)14-12(2,3)4/h14H,5-10H2,1-4H3,(H,16,17). The Hall–Kier alpha value is -0.660. The van der Waals surface area contributed by atoms with E-state index in [1.807, 2.05) is 6.92 Å². The maximum atomic E-state index is 12.3. The summed E-state index contributed by atoms with van der Waals surface area (Å²) in [4.78, 5) is 11.6. The van der Waals surface area contributed by atoms with Crippen molar-refractivity contribution in [1.82, 2.24) is 9.03 Å². The number of hydrogen-bond donors (Lipinski definition) is 2. The van der Waals surface area contributed by atoms with Gasteiger partial charge in [-0.25, -0.2) is 0 Å². The number of carboxylic acid groups (broad SMARTS) is 1. The van der Waals surface area contributed by atoms with Crippen molar-refractivity contribution in [3.63, 3.8) is 0 Å². The first-order chi connectivity index (χ1) is 9.02. The predicted molar refractivity (Wildman–Crippen MR) is 77.6 cm³/mol. The summed E-state index contributed by atoms with van der Waals surface area (Å²) >= 11 is 0. The van der Waals surface area contributed by atoms with Gasteiger partial charge in [0, 0.05) is 18.6 Å². The van der Waals surface area contributed by atoms with E-state index in [1.165, 1.54) is 4.31 Å². The molecule has 6 nitrogen and oxygen atoms in total. The lowest BCUT2D eigenvalue weighted by Gasteiger charge is -2.40. The van der Waals surface area contributed by atoms with Crippen LogP contribution in [0, 0.1) is 5.41 Å². The van der Waals surface area contributed by atoms with Gasteiger partial charge in [-0.2, -0.15) is 17.4 Å². The summed E-state index contributed by atoms with van der Waals surface area (Å²) < 4.78 is 28.5. The molecule has 1 atom stereocenters. The van der Waals surface area contributed by atoms with Crippen LogP contribution in [0.3, 0.4) is 0 Å². The molecule has 0 aromatic heterocycles. The first-order valence-electron chi connectivity index (χ1n) is 7.05. The first kappa shape index (κ1) is 17.4. The van der Waals surface area contributed by atoms with Crippen molar-refractivity contribution in [2.24, 2.45) is 5.41 Å². The van der Waals surface area contributed by atoms with E-state index in [1.54, 1.807) is 20.8 Å². The third-order valence-electron chi connectivity index (χ3n) is 3.50. The van der Waals surface area contributed by atoms with Crippen LogP contribution in [0.2, 0.25) is 0 Å². The minimum Gasteiger partial charge on any atom is -0.481 e. The lowest BCUT2D eigenvalue weighted by molar-refractivity contribution is -0.151. The second-order valence-corrected chi connectivity index (χ2v) is 8.30. The quantitative estimate of drug-likeness (QED) is 0.807. The smallest absolute Gasteiger partial charge is 0.310 e. The lowest BCUT2D eigenvalue weighted by Crippen LogP contribution is -2.55. The van der Waals surface area contributed by atoms with Crippen LogP contribution in [-0.4, -0.2) is 42.4 Å². The molecule has 1 saturated heterocycles. The van der Waals surface area contributed by atoms with Crippen molar-refractivity contribution in [2.75, 3.05) is 13.1 Å².